The van der Waals surface area contributed by atoms with Gasteiger partial charge in [0.1, 0.15) is 12.4 Å². The van der Waals surface area contributed by atoms with Gasteiger partial charge in [-0.2, -0.15) is 0 Å². The van der Waals surface area contributed by atoms with E-state index < -0.39 is 0 Å². The molecule has 7 heteroatoms. The maximum atomic E-state index is 5.87. The molecule has 0 atom stereocenters. The molecule has 2 rings (SSSR count). The van der Waals surface area contributed by atoms with Gasteiger partial charge in [0.25, 0.3) is 0 Å². The molecule has 1 aliphatic rings. The summed E-state index contributed by atoms with van der Waals surface area (Å²) in [4.78, 5) is 6.90. The molecule has 6 nitrogen and oxygen atoms in total. The Balaban J connectivity index is 0.00000420. The van der Waals surface area contributed by atoms with Crippen LogP contribution in [0.5, 0.6) is 5.75 Å². The van der Waals surface area contributed by atoms with Gasteiger partial charge in [-0.25, -0.2) is 0 Å². The van der Waals surface area contributed by atoms with Crippen molar-refractivity contribution in [3.05, 3.63) is 29.3 Å². The van der Waals surface area contributed by atoms with Gasteiger partial charge in [-0.1, -0.05) is 19.1 Å². The van der Waals surface area contributed by atoms with Crippen molar-refractivity contribution in [3.8, 4) is 5.75 Å². The number of nitrogens with zero attached hydrogens (tertiary/aromatic N) is 2. The third-order valence-corrected chi connectivity index (χ3v) is 5.44. The summed E-state index contributed by atoms with van der Waals surface area (Å²) < 4.78 is 11.0. The number of hydrogen-bond donors (Lipinski definition) is 2. The Bertz CT molecular complexity index is 604. The molecule has 0 amide bonds. The minimum Gasteiger partial charge on any atom is -0.491 e. The molecule has 0 spiro atoms. The highest BCUT2D eigenvalue weighted by Gasteiger charge is 2.17. The number of ether oxygens (including phenoxy) is 2. The standard InChI is InChI=1S/C22H38N4O2.HI/c1-5-26-12-9-19(10-13-26)8-11-24-22(23-3)25-17-20-7-6-18(2)16-21(20)28-15-14-27-4;/h6-7,16,19H,5,8-15,17H2,1-4H3,(H2,23,24,25);1H. The zero-order chi connectivity index (χ0) is 20.2. The molecule has 1 aliphatic heterocycles. The molecule has 0 unspecified atom stereocenters. The number of aliphatic imine (C=N–C) groups is 1. The average Bonchev–Trinajstić information content (AvgIpc) is 2.72. The SMILES string of the molecule is CCN1CCC(CCNC(=NC)NCc2ccc(C)cc2OCCOC)CC1.I. The maximum Gasteiger partial charge on any atom is 0.191 e. The largest absolute Gasteiger partial charge is 0.491 e. The van der Waals surface area contributed by atoms with E-state index in [1.807, 2.05) is 7.05 Å². The highest BCUT2D eigenvalue weighted by atomic mass is 127. The normalized spacial score (nSPS) is 15.7. The van der Waals surface area contributed by atoms with E-state index in [9.17, 15) is 0 Å². The third kappa shape index (κ3) is 9.53. The first-order valence-corrected chi connectivity index (χ1v) is 10.5. The second-order valence-electron chi connectivity index (χ2n) is 7.47. The lowest BCUT2D eigenvalue weighted by Crippen LogP contribution is -2.39. The van der Waals surface area contributed by atoms with Crippen molar-refractivity contribution in [2.75, 3.05) is 53.6 Å². The van der Waals surface area contributed by atoms with Crippen LogP contribution in [0.15, 0.2) is 23.2 Å². The van der Waals surface area contributed by atoms with Crippen LogP contribution in [0.1, 0.15) is 37.3 Å². The first-order chi connectivity index (χ1) is 13.7. The fourth-order valence-corrected chi connectivity index (χ4v) is 3.56. The average molecular weight is 518 g/mol. The predicted molar refractivity (Wildman–Crippen MR) is 132 cm³/mol. The molecule has 166 valence electrons. The van der Waals surface area contributed by atoms with Crippen LogP contribution in [0.3, 0.4) is 0 Å². The minimum atomic E-state index is 0. The molecular weight excluding hydrogens is 479 g/mol. The molecule has 0 aromatic heterocycles. The van der Waals surface area contributed by atoms with Crippen molar-refractivity contribution in [1.29, 1.82) is 0 Å². The highest BCUT2D eigenvalue weighted by molar-refractivity contribution is 14.0. The second-order valence-corrected chi connectivity index (χ2v) is 7.47. The molecule has 1 aromatic rings. The van der Waals surface area contributed by atoms with E-state index in [1.54, 1.807) is 7.11 Å². The lowest BCUT2D eigenvalue weighted by Gasteiger charge is -2.31. The summed E-state index contributed by atoms with van der Waals surface area (Å²) in [5.41, 5.74) is 2.31. The van der Waals surface area contributed by atoms with Crippen LogP contribution in [0, 0.1) is 12.8 Å². The van der Waals surface area contributed by atoms with Crippen molar-refractivity contribution in [2.45, 2.75) is 39.7 Å². The van der Waals surface area contributed by atoms with Gasteiger partial charge in [-0.3, -0.25) is 4.99 Å². The van der Waals surface area contributed by atoms with Crippen molar-refractivity contribution in [3.63, 3.8) is 0 Å². The number of hydrogen-bond acceptors (Lipinski definition) is 4. The summed E-state index contributed by atoms with van der Waals surface area (Å²) in [7, 11) is 3.51. The number of rotatable bonds is 10. The Morgan fingerprint density at radius 1 is 1.21 bits per heavy atom. The first kappa shape index (κ1) is 26.0. The molecule has 0 saturated carbocycles. The fourth-order valence-electron chi connectivity index (χ4n) is 3.56. The van der Waals surface area contributed by atoms with E-state index in [4.69, 9.17) is 9.47 Å². The Hall–Kier alpha value is -1.06. The molecular formula is C22H39IN4O2. The zero-order valence-corrected chi connectivity index (χ0v) is 20.8. The van der Waals surface area contributed by atoms with Gasteiger partial charge in [0.05, 0.1) is 6.61 Å². The quantitative estimate of drug-likeness (QED) is 0.215. The van der Waals surface area contributed by atoms with Crippen LogP contribution in [0.4, 0.5) is 0 Å². The Morgan fingerprint density at radius 2 is 1.97 bits per heavy atom. The molecule has 1 aromatic carbocycles. The summed E-state index contributed by atoms with van der Waals surface area (Å²) in [6, 6.07) is 6.30. The molecule has 2 N–H and O–H groups in total. The van der Waals surface area contributed by atoms with Crippen molar-refractivity contribution in [2.24, 2.45) is 10.9 Å². The van der Waals surface area contributed by atoms with Crippen molar-refractivity contribution in [1.82, 2.24) is 15.5 Å². The summed E-state index contributed by atoms with van der Waals surface area (Å²) in [5.74, 6) is 2.57. The smallest absolute Gasteiger partial charge is 0.191 e. The van der Waals surface area contributed by atoms with Crippen LogP contribution >= 0.6 is 24.0 Å². The number of aryl methyl sites for hydroxylation is 1. The van der Waals surface area contributed by atoms with E-state index in [2.05, 4.69) is 52.6 Å². The lowest BCUT2D eigenvalue weighted by atomic mass is 9.93. The number of nitrogens with one attached hydrogen (secondary N) is 2. The van der Waals surface area contributed by atoms with E-state index in [1.165, 1.54) is 44.5 Å². The number of benzene rings is 1. The van der Waals surface area contributed by atoms with Crippen LogP contribution in [0.25, 0.3) is 0 Å². The van der Waals surface area contributed by atoms with Gasteiger partial charge in [-0.15, -0.1) is 24.0 Å². The number of likely N-dealkylation sites (tertiary alicyclic amines) is 1. The van der Waals surface area contributed by atoms with Gasteiger partial charge in [0.15, 0.2) is 5.96 Å². The molecule has 1 saturated heterocycles. The molecule has 0 aliphatic carbocycles. The van der Waals surface area contributed by atoms with E-state index in [-0.39, 0.29) is 24.0 Å². The monoisotopic (exact) mass is 518 g/mol. The lowest BCUT2D eigenvalue weighted by molar-refractivity contribution is 0.145. The fraction of sp³-hybridized carbons (Fsp3) is 0.682. The van der Waals surface area contributed by atoms with Gasteiger partial charge in [-0.05, 0) is 63.4 Å². The first-order valence-electron chi connectivity index (χ1n) is 10.5. The van der Waals surface area contributed by atoms with Crippen LogP contribution in [-0.2, 0) is 11.3 Å². The van der Waals surface area contributed by atoms with Gasteiger partial charge in [0, 0.05) is 32.8 Å². The summed E-state index contributed by atoms with van der Waals surface area (Å²) in [6.07, 6.45) is 3.83. The minimum absolute atomic E-state index is 0. The predicted octanol–water partition coefficient (Wildman–Crippen LogP) is 3.43. The molecule has 1 fully saturated rings. The molecule has 1 heterocycles. The van der Waals surface area contributed by atoms with Crippen LogP contribution < -0.4 is 15.4 Å². The van der Waals surface area contributed by atoms with Crippen LogP contribution in [-0.4, -0.2) is 64.4 Å². The summed E-state index contributed by atoms with van der Waals surface area (Å²) in [6.45, 7) is 10.8. The number of methoxy groups -OCH3 is 1. The number of halogens is 1. The van der Waals surface area contributed by atoms with Gasteiger partial charge in [0.2, 0.25) is 0 Å². The van der Waals surface area contributed by atoms with Crippen molar-refractivity contribution < 1.29 is 9.47 Å². The maximum absolute atomic E-state index is 5.87. The Kier molecular flexibility index (Phi) is 13.3. The molecule has 0 radical (unpaired) electrons. The highest BCUT2D eigenvalue weighted by Crippen LogP contribution is 2.21. The van der Waals surface area contributed by atoms with Gasteiger partial charge < -0.3 is 25.0 Å². The molecule has 0 bridgehead atoms. The summed E-state index contributed by atoms with van der Waals surface area (Å²) >= 11 is 0. The van der Waals surface area contributed by atoms with Crippen molar-refractivity contribution >= 4 is 29.9 Å². The third-order valence-electron chi connectivity index (χ3n) is 5.44. The van der Waals surface area contributed by atoms with Gasteiger partial charge >= 0.3 is 0 Å². The Labute approximate surface area is 193 Å². The zero-order valence-electron chi connectivity index (χ0n) is 18.5. The van der Waals surface area contributed by atoms with Crippen LogP contribution in [0.2, 0.25) is 0 Å². The molecule has 29 heavy (non-hydrogen) atoms. The number of piperidine rings is 1. The van der Waals surface area contributed by atoms with E-state index >= 15 is 0 Å². The Morgan fingerprint density at radius 3 is 2.62 bits per heavy atom. The van der Waals surface area contributed by atoms with E-state index in [0.29, 0.717) is 19.8 Å². The van der Waals surface area contributed by atoms with E-state index in [0.717, 1.165) is 29.7 Å². The topological polar surface area (TPSA) is 58.1 Å². The summed E-state index contributed by atoms with van der Waals surface area (Å²) in [5, 5.41) is 6.87. The second kappa shape index (κ2) is 14.8. The number of guanidine groups is 1.